The normalized spacial score (nSPS) is 14.5. The van der Waals surface area contributed by atoms with E-state index in [1.165, 1.54) is 0 Å². The van der Waals surface area contributed by atoms with Gasteiger partial charge in [0.05, 0.1) is 6.10 Å². The van der Waals surface area contributed by atoms with E-state index in [2.05, 4.69) is 6.58 Å². The molecule has 2 atom stereocenters. The minimum atomic E-state index is -0.466. The minimum absolute atomic E-state index is 0.0890. The number of halogens is 1. The summed E-state index contributed by atoms with van der Waals surface area (Å²) >= 11 is 5.64. The van der Waals surface area contributed by atoms with Gasteiger partial charge < -0.3 is 5.11 Å². The molecule has 82 valence electrons. The van der Waals surface area contributed by atoms with Gasteiger partial charge in [-0.05, 0) is 18.4 Å². The van der Waals surface area contributed by atoms with E-state index in [1.807, 2.05) is 36.4 Å². The highest BCUT2D eigenvalue weighted by molar-refractivity contribution is 6.17. The van der Waals surface area contributed by atoms with E-state index in [0.29, 0.717) is 5.88 Å². The predicted octanol–water partition coefficient (Wildman–Crippen LogP) is 3.54. The van der Waals surface area contributed by atoms with Crippen molar-refractivity contribution in [3.63, 3.8) is 0 Å². The summed E-state index contributed by atoms with van der Waals surface area (Å²) in [4.78, 5) is 0. The van der Waals surface area contributed by atoms with Crippen LogP contribution in [0.5, 0.6) is 0 Å². The molecule has 1 N–H and O–H groups in total. The van der Waals surface area contributed by atoms with E-state index in [0.717, 1.165) is 18.4 Å². The molecule has 0 saturated heterocycles. The van der Waals surface area contributed by atoms with Crippen LogP contribution < -0.4 is 0 Å². The van der Waals surface area contributed by atoms with Crippen molar-refractivity contribution in [2.45, 2.75) is 18.9 Å². The van der Waals surface area contributed by atoms with Gasteiger partial charge in [-0.3, -0.25) is 0 Å². The summed E-state index contributed by atoms with van der Waals surface area (Å²) in [6.07, 6.45) is 3.13. The molecule has 1 nitrogen and oxygen atoms in total. The Bertz CT molecular complexity index is 284. The lowest BCUT2D eigenvalue weighted by atomic mass is 9.92. The number of alkyl halides is 1. The number of rotatable bonds is 6. The van der Waals surface area contributed by atoms with Crippen molar-refractivity contribution in [1.82, 2.24) is 0 Å². The zero-order valence-corrected chi connectivity index (χ0v) is 9.53. The highest BCUT2D eigenvalue weighted by atomic mass is 35.5. The van der Waals surface area contributed by atoms with Crippen LogP contribution in [0.2, 0.25) is 0 Å². The minimum Gasteiger partial charge on any atom is -0.388 e. The molecule has 1 aromatic carbocycles. The Morgan fingerprint density at radius 3 is 2.53 bits per heavy atom. The molecule has 0 radical (unpaired) electrons. The number of hydrogen-bond acceptors (Lipinski definition) is 1. The van der Waals surface area contributed by atoms with E-state index in [1.54, 1.807) is 0 Å². The number of hydrogen-bond donors (Lipinski definition) is 1. The highest BCUT2D eigenvalue weighted by Gasteiger charge is 2.16. The average Bonchev–Trinajstić information content (AvgIpc) is 2.31. The number of aliphatic hydroxyl groups is 1. The molecule has 0 aliphatic carbocycles. The molecule has 0 bridgehead atoms. The van der Waals surface area contributed by atoms with Crippen molar-refractivity contribution in [2.24, 2.45) is 5.92 Å². The van der Waals surface area contributed by atoms with Gasteiger partial charge in [-0.15, -0.1) is 18.2 Å². The highest BCUT2D eigenvalue weighted by Crippen LogP contribution is 2.26. The summed E-state index contributed by atoms with van der Waals surface area (Å²) in [5, 5.41) is 10.1. The molecule has 0 saturated carbocycles. The Morgan fingerprint density at radius 1 is 1.33 bits per heavy atom. The fourth-order valence-corrected chi connectivity index (χ4v) is 1.77. The fraction of sp³-hybridized carbons (Fsp3) is 0.385. The topological polar surface area (TPSA) is 20.2 Å². The molecule has 0 aromatic heterocycles. The molecular weight excluding hydrogens is 208 g/mol. The second-order valence-electron chi connectivity index (χ2n) is 3.59. The Kier molecular flexibility index (Phi) is 5.44. The zero-order chi connectivity index (χ0) is 11.1. The Hall–Kier alpha value is -0.790. The summed E-state index contributed by atoms with van der Waals surface area (Å²) in [6.45, 7) is 3.76. The molecular formula is C13H17ClO. The van der Waals surface area contributed by atoms with E-state index in [-0.39, 0.29) is 5.92 Å². The third kappa shape index (κ3) is 3.69. The molecule has 0 amide bonds. The summed E-state index contributed by atoms with van der Waals surface area (Å²) in [7, 11) is 0. The van der Waals surface area contributed by atoms with Gasteiger partial charge in [0, 0.05) is 11.8 Å². The zero-order valence-electron chi connectivity index (χ0n) is 8.77. The molecule has 0 spiro atoms. The Morgan fingerprint density at radius 2 is 2.00 bits per heavy atom. The van der Waals surface area contributed by atoms with Crippen LogP contribution >= 0.6 is 11.6 Å². The summed E-state index contributed by atoms with van der Waals surface area (Å²) in [5.74, 6) is 0.720. The van der Waals surface area contributed by atoms with E-state index in [4.69, 9.17) is 11.6 Å². The number of benzene rings is 1. The van der Waals surface area contributed by atoms with Gasteiger partial charge in [-0.2, -0.15) is 0 Å². The van der Waals surface area contributed by atoms with Gasteiger partial charge in [0.15, 0.2) is 0 Å². The average molecular weight is 225 g/mol. The molecule has 1 rings (SSSR count). The van der Waals surface area contributed by atoms with Crippen molar-refractivity contribution >= 4 is 11.6 Å². The maximum atomic E-state index is 10.1. The molecule has 0 aliphatic heterocycles. The van der Waals surface area contributed by atoms with E-state index < -0.39 is 6.10 Å². The quantitative estimate of drug-likeness (QED) is 0.579. The first-order valence-electron chi connectivity index (χ1n) is 5.21. The molecule has 0 unspecified atom stereocenters. The first-order chi connectivity index (χ1) is 7.29. The van der Waals surface area contributed by atoms with Crippen molar-refractivity contribution < 1.29 is 5.11 Å². The maximum Gasteiger partial charge on any atom is 0.0852 e. The van der Waals surface area contributed by atoms with Gasteiger partial charge in [0.2, 0.25) is 0 Å². The van der Waals surface area contributed by atoms with Crippen LogP contribution in [0.1, 0.15) is 24.5 Å². The van der Waals surface area contributed by atoms with Crippen molar-refractivity contribution in [3.8, 4) is 0 Å². The lowest BCUT2D eigenvalue weighted by Gasteiger charge is -2.19. The van der Waals surface area contributed by atoms with Crippen LogP contribution in [0.4, 0.5) is 0 Å². The maximum absolute atomic E-state index is 10.1. The fourth-order valence-electron chi connectivity index (χ4n) is 1.61. The summed E-state index contributed by atoms with van der Waals surface area (Å²) in [5.41, 5.74) is 0.942. The summed E-state index contributed by atoms with van der Waals surface area (Å²) in [6, 6.07) is 9.67. The van der Waals surface area contributed by atoms with Gasteiger partial charge in [0.25, 0.3) is 0 Å². The smallest absolute Gasteiger partial charge is 0.0852 e. The van der Waals surface area contributed by atoms with Crippen molar-refractivity contribution in [2.75, 3.05) is 5.88 Å². The largest absolute Gasteiger partial charge is 0.388 e. The second-order valence-corrected chi connectivity index (χ2v) is 3.96. The third-order valence-corrected chi connectivity index (χ3v) is 2.79. The molecule has 0 heterocycles. The molecule has 0 fully saturated rings. The van der Waals surface area contributed by atoms with Crippen LogP contribution in [-0.4, -0.2) is 11.0 Å². The predicted molar refractivity (Wildman–Crippen MR) is 65.0 cm³/mol. The van der Waals surface area contributed by atoms with Crippen molar-refractivity contribution in [3.05, 3.63) is 48.6 Å². The van der Waals surface area contributed by atoms with Gasteiger partial charge >= 0.3 is 0 Å². The molecule has 0 aliphatic rings. The standard InChI is InChI=1S/C13H17ClO/c1-2-11(9-6-10-14)13(15)12-7-4-3-5-8-12/h2-5,7-8,11,13,15H,1,6,9-10H2/t11-,13+/m0/s1. The van der Waals surface area contributed by atoms with E-state index in [9.17, 15) is 5.11 Å². The first-order valence-corrected chi connectivity index (χ1v) is 5.74. The van der Waals surface area contributed by atoms with Gasteiger partial charge in [-0.1, -0.05) is 36.4 Å². The SMILES string of the molecule is C=C[C@@H](CCCCl)[C@@H](O)c1ccccc1. The van der Waals surface area contributed by atoms with Crippen LogP contribution in [0.25, 0.3) is 0 Å². The lowest BCUT2D eigenvalue weighted by Crippen LogP contribution is -2.10. The van der Waals surface area contributed by atoms with Gasteiger partial charge in [-0.25, -0.2) is 0 Å². The van der Waals surface area contributed by atoms with Crippen LogP contribution in [0.15, 0.2) is 43.0 Å². The molecule has 2 heteroatoms. The van der Waals surface area contributed by atoms with Crippen molar-refractivity contribution in [1.29, 1.82) is 0 Å². The Labute approximate surface area is 96.4 Å². The van der Waals surface area contributed by atoms with Gasteiger partial charge in [0.1, 0.15) is 0 Å². The third-order valence-electron chi connectivity index (χ3n) is 2.52. The molecule has 1 aromatic rings. The van der Waals surface area contributed by atoms with Crippen LogP contribution in [0.3, 0.4) is 0 Å². The first kappa shape index (κ1) is 12.3. The second kappa shape index (κ2) is 6.65. The summed E-state index contributed by atoms with van der Waals surface area (Å²) < 4.78 is 0. The Balaban J connectivity index is 2.64. The van der Waals surface area contributed by atoms with Crippen LogP contribution in [-0.2, 0) is 0 Å². The van der Waals surface area contributed by atoms with Crippen LogP contribution in [0, 0.1) is 5.92 Å². The monoisotopic (exact) mass is 224 g/mol. The van der Waals surface area contributed by atoms with E-state index >= 15 is 0 Å². The number of aliphatic hydroxyl groups excluding tert-OH is 1. The lowest BCUT2D eigenvalue weighted by molar-refractivity contribution is 0.127. The molecule has 15 heavy (non-hydrogen) atoms.